The fourth-order valence-electron chi connectivity index (χ4n) is 2.45. The fraction of sp³-hybridized carbons (Fsp3) is 0.353. The van der Waals surface area contributed by atoms with Crippen LogP contribution in [0.3, 0.4) is 0 Å². The summed E-state index contributed by atoms with van der Waals surface area (Å²) in [5.74, 6) is -0.00484. The highest BCUT2D eigenvalue weighted by molar-refractivity contribution is 5.90. The summed E-state index contributed by atoms with van der Waals surface area (Å²) in [4.78, 5) is 12.0. The van der Waals surface area contributed by atoms with Crippen LogP contribution in [0.4, 0.5) is 5.69 Å². The highest BCUT2D eigenvalue weighted by atomic mass is 16.1. The lowest BCUT2D eigenvalue weighted by Gasteiger charge is -2.06. The molecule has 0 bridgehead atoms. The lowest BCUT2D eigenvalue weighted by Crippen LogP contribution is -2.12. The SMILES string of the molecule is Cc1nn(CCC#N)c(C)c1CCC(=O)Nc1ccccc1. The average molecular weight is 296 g/mol. The number of nitriles is 1. The summed E-state index contributed by atoms with van der Waals surface area (Å²) in [5, 5.41) is 16.0. The molecule has 0 radical (unpaired) electrons. The molecule has 0 aliphatic rings. The minimum Gasteiger partial charge on any atom is -0.326 e. The molecular formula is C17H20N4O. The van der Waals surface area contributed by atoms with Gasteiger partial charge in [-0.25, -0.2) is 0 Å². The van der Waals surface area contributed by atoms with Crippen LogP contribution < -0.4 is 5.32 Å². The molecule has 1 N–H and O–H groups in total. The Hall–Kier alpha value is -2.61. The number of para-hydroxylation sites is 1. The van der Waals surface area contributed by atoms with Crippen molar-refractivity contribution in [1.82, 2.24) is 9.78 Å². The van der Waals surface area contributed by atoms with E-state index >= 15 is 0 Å². The van der Waals surface area contributed by atoms with E-state index in [0.29, 0.717) is 25.8 Å². The molecule has 22 heavy (non-hydrogen) atoms. The van der Waals surface area contributed by atoms with E-state index < -0.39 is 0 Å². The number of benzene rings is 1. The van der Waals surface area contributed by atoms with Gasteiger partial charge in [0.05, 0.1) is 24.7 Å². The summed E-state index contributed by atoms with van der Waals surface area (Å²) >= 11 is 0. The van der Waals surface area contributed by atoms with Crippen LogP contribution >= 0.6 is 0 Å². The molecule has 1 aromatic heterocycles. The van der Waals surface area contributed by atoms with E-state index in [9.17, 15) is 4.79 Å². The maximum absolute atomic E-state index is 12.0. The number of hydrogen-bond donors (Lipinski definition) is 1. The fourth-order valence-corrected chi connectivity index (χ4v) is 2.45. The molecule has 0 saturated carbocycles. The van der Waals surface area contributed by atoms with E-state index in [4.69, 9.17) is 5.26 Å². The van der Waals surface area contributed by atoms with Gasteiger partial charge >= 0.3 is 0 Å². The zero-order valence-electron chi connectivity index (χ0n) is 13.0. The molecule has 0 atom stereocenters. The molecule has 2 rings (SSSR count). The van der Waals surface area contributed by atoms with Crippen molar-refractivity contribution in [1.29, 1.82) is 5.26 Å². The maximum atomic E-state index is 12.0. The highest BCUT2D eigenvalue weighted by Gasteiger charge is 2.13. The predicted octanol–water partition coefficient (Wildman–Crippen LogP) is 2.98. The van der Waals surface area contributed by atoms with Crippen LogP contribution in [-0.4, -0.2) is 15.7 Å². The van der Waals surface area contributed by atoms with Crippen LogP contribution in [-0.2, 0) is 17.8 Å². The average Bonchev–Trinajstić information content (AvgIpc) is 2.78. The van der Waals surface area contributed by atoms with Crippen molar-refractivity contribution in [3.8, 4) is 6.07 Å². The van der Waals surface area contributed by atoms with Gasteiger partial charge < -0.3 is 5.32 Å². The third-order valence-corrected chi connectivity index (χ3v) is 3.63. The Morgan fingerprint density at radius 1 is 1.32 bits per heavy atom. The number of carbonyl (C=O) groups is 1. The Balaban J connectivity index is 1.95. The topological polar surface area (TPSA) is 70.7 Å². The number of hydrogen-bond acceptors (Lipinski definition) is 3. The number of nitrogens with one attached hydrogen (secondary N) is 1. The number of rotatable bonds is 6. The largest absolute Gasteiger partial charge is 0.326 e. The van der Waals surface area contributed by atoms with Crippen molar-refractivity contribution in [3.63, 3.8) is 0 Å². The highest BCUT2D eigenvalue weighted by Crippen LogP contribution is 2.16. The summed E-state index contributed by atoms with van der Waals surface area (Å²) in [7, 11) is 0. The monoisotopic (exact) mass is 296 g/mol. The lowest BCUT2D eigenvalue weighted by atomic mass is 10.1. The van der Waals surface area contributed by atoms with Crippen molar-refractivity contribution < 1.29 is 4.79 Å². The summed E-state index contributed by atoms with van der Waals surface area (Å²) < 4.78 is 1.85. The smallest absolute Gasteiger partial charge is 0.224 e. The van der Waals surface area contributed by atoms with E-state index in [2.05, 4.69) is 16.5 Å². The molecule has 5 nitrogen and oxygen atoms in total. The zero-order valence-corrected chi connectivity index (χ0v) is 13.0. The Kier molecular flexibility index (Phi) is 5.31. The Morgan fingerprint density at radius 3 is 2.73 bits per heavy atom. The van der Waals surface area contributed by atoms with E-state index in [-0.39, 0.29) is 5.91 Å². The predicted molar refractivity (Wildman–Crippen MR) is 85.3 cm³/mol. The number of aromatic nitrogens is 2. The molecule has 114 valence electrons. The third kappa shape index (κ3) is 3.95. The van der Waals surface area contributed by atoms with Crippen LogP contribution in [0.5, 0.6) is 0 Å². The summed E-state index contributed by atoms with van der Waals surface area (Å²) in [5.41, 5.74) is 3.88. The number of carbonyl (C=O) groups excluding carboxylic acids is 1. The van der Waals surface area contributed by atoms with E-state index in [1.807, 2.05) is 48.9 Å². The van der Waals surface area contributed by atoms with Crippen LogP contribution in [0, 0.1) is 25.2 Å². The van der Waals surface area contributed by atoms with Crippen molar-refractivity contribution in [3.05, 3.63) is 47.3 Å². The Morgan fingerprint density at radius 2 is 2.05 bits per heavy atom. The van der Waals surface area contributed by atoms with Gasteiger partial charge in [-0.3, -0.25) is 9.48 Å². The molecule has 0 aliphatic carbocycles. The minimum absolute atomic E-state index is 0.00484. The van der Waals surface area contributed by atoms with E-state index in [1.165, 1.54) is 0 Å². The maximum Gasteiger partial charge on any atom is 0.224 e. The first-order valence-electron chi connectivity index (χ1n) is 7.36. The molecule has 0 spiro atoms. The van der Waals surface area contributed by atoms with Gasteiger partial charge in [-0.15, -0.1) is 0 Å². The van der Waals surface area contributed by atoms with Gasteiger partial charge in [0, 0.05) is 17.8 Å². The molecular weight excluding hydrogens is 276 g/mol. The van der Waals surface area contributed by atoms with Crippen molar-refractivity contribution in [2.45, 2.75) is 39.7 Å². The normalized spacial score (nSPS) is 10.2. The molecule has 5 heteroatoms. The molecule has 0 fully saturated rings. The van der Waals surface area contributed by atoms with Gasteiger partial charge in [-0.2, -0.15) is 10.4 Å². The molecule has 2 aromatic rings. The first-order valence-corrected chi connectivity index (χ1v) is 7.36. The van der Waals surface area contributed by atoms with Crippen molar-refractivity contribution >= 4 is 11.6 Å². The van der Waals surface area contributed by atoms with E-state index in [1.54, 1.807) is 0 Å². The lowest BCUT2D eigenvalue weighted by molar-refractivity contribution is -0.116. The molecule has 1 heterocycles. The van der Waals surface area contributed by atoms with Gasteiger partial charge in [0.1, 0.15) is 0 Å². The number of anilines is 1. The number of aryl methyl sites for hydroxylation is 2. The van der Waals surface area contributed by atoms with Crippen LogP contribution in [0.2, 0.25) is 0 Å². The van der Waals surface area contributed by atoms with Crippen molar-refractivity contribution in [2.75, 3.05) is 5.32 Å². The van der Waals surface area contributed by atoms with Gasteiger partial charge in [-0.05, 0) is 38.0 Å². The van der Waals surface area contributed by atoms with Gasteiger partial charge in [0.2, 0.25) is 5.91 Å². The molecule has 0 unspecified atom stereocenters. The quantitative estimate of drug-likeness (QED) is 0.890. The molecule has 0 aliphatic heterocycles. The zero-order chi connectivity index (χ0) is 15.9. The van der Waals surface area contributed by atoms with Crippen LogP contribution in [0.15, 0.2) is 30.3 Å². The second kappa shape index (κ2) is 7.41. The summed E-state index contributed by atoms with van der Waals surface area (Å²) in [6.45, 7) is 4.53. The van der Waals surface area contributed by atoms with E-state index in [0.717, 1.165) is 22.6 Å². The first-order chi connectivity index (χ1) is 10.6. The third-order valence-electron chi connectivity index (χ3n) is 3.63. The second-order valence-electron chi connectivity index (χ2n) is 5.19. The number of nitrogens with zero attached hydrogens (tertiary/aromatic N) is 3. The molecule has 1 amide bonds. The molecule has 0 saturated heterocycles. The minimum atomic E-state index is -0.00484. The standard InChI is InChI=1S/C17H20N4O/c1-13-16(14(2)21(20-13)12-6-11-18)9-10-17(22)19-15-7-4-3-5-8-15/h3-5,7-8H,6,9-10,12H2,1-2H3,(H,19,22). The van der Waals surface area contributed by atoms with Gasteiger partial charge in [-0.1, -0.05) is 18.2 Å². The Bertz CT molecular complexity index is 683. The van der Waals surface area contributed by atoms with Crippen molar-refractivity contribution in [2.24, 2.45) is 0 Å². The summed E-state index contributed by atoms with van der Waals surface area (Å²) in [6.07, 6.45) is 1.51. The van der Waals surface area contributed by atoms with Gasteiger partial charge in [0.15, 0.2) is 0 Å². The van der Waals surface area contributed by atoms with Gasteiger partial charge in [0.25, 0.3) is 0 Å². The summed E-state index contributed by atoms with van der Waals surface area (Å²) in [6, 6.07) is 11.6. The molecule has 1 aromatic carbocycles. The first kappa shape index (κ1) is 15.8. The Labute approximate surface area is 130 Å². The number of amides is 1. The van der Waals surface area contributed by atoms with Crippen LogP contribution in [0.1, 0.15) is 29.8 Å². The second-order valence-corrected chi connectivity index (χ2v) is 5.19. The van der Waals surface area contributed by atoms with Crippen LogP contribution in [0.25, 0.3) is 0 Å².